The van der Waals surface area contributed by atoms with Crippen LogP contribution in [0, 0.1) is 3.57 Å². The Morgan fingerprint density at radius 3 is 2.60 bits per heavy atom. The number of nitrogens with zero attached hydrogens (tertiary/aromatic N) is 1. The summed E-state index contributed by atoms with van der Waals surface area (Å²) in [6, 6.07) is 17.8. The number of amides is 1. The molecule has 2 aromatic rings. The minimum atomic E-state index is -0.160. The molecule has 1 amide bonds. The maximum absolute atomic E-state index is 12.0. The lowest BCUT2D eigenvalue weighted by atomic mass is 10.2. The Bertz CT molecular complexity index is 722. The average molecular weight is 391 g/mol. The second kappa shape index (κ2) is 5.93. The fourth-order valence-corrected chi connectivity index (χ4v) is 3.35. The van der Waals surface area contributed by atoms with Crippen molar-refractivity contribution in [2.45, 2.75) is 0 Å². The largest absolute Gasteiger partial charge is 0.284 e. The lowest BCUT2D eigenvalue weighted by molar-refractivity contribution is -0.113. The van der Waals surface area contributed by atoms with Gasteiger partial charge in [0.2, 0.25) is 0 Å². The summed E-state index contributed by atoms with van der Waals surface area (Å²) in [6.07, 6.45) is 1.90. The Kier molecular flexibility index (Phi) is 4.03. The Morgan fingerprint density at radius 1 is 1.05 bits per heavy atom. The molecule has 0 N–H and O–H groups in total. The molecular formula is C16H10INOS. The van der Waals surface area contributed by atoms with Crippen LogP contribution in [0.2, 0.25) is 0 Å². The van der Waals surface area contributed by atoms with Crippen LogP contribution in [-0.4, -0.2) is 11.0 Å². The van der Waals surface area contributed by atoms with Crippen LogP contribution in [0.4, 0.5) is 0 Å². The van der Waals surface area contributed by atoms with Crippen LogP contribution >= 0.6 is 34.4 Å². The summed E-state index contributed by atoms with van der Waals surface area (Å²) in [5.41, 5.74) is 2.01. The molecule has 1 heterocycles. The van der Waals surface area contributed by atoms with Crippen molar-refractivity contribution in [3.05, 3.63) is 74.2 Å². The highest BCUT2D eigenvalue weighted by Gasteiger charge is 2.22. The quantitative estimate of drug-likeness (QED) is 0.563. The lowest BCUT2D eigenvalue weighted by Crippen LogP contribution is -1.89. The first-order chi connectivity index (χ1) is 9.72. The van der Waals surface area contributed by atoms with E-state index in [0.29, 0.717) is 4.91 Å². The Labute approximate surface area is 135 Å². The van der Waals surface area contributed by atoms with Gasteiger partial charge in [-0.25, -0.2) is 4.99 Å². The zero-order valence-electron chi connectivity index (χ0n) is 10.4. The predicted molar refractivity (Wildman–Crippen MR) is 92.7 cm³/mol. The normalized spacial score (nSPS) is 16.6. The molecule has 1 aliphatic heterocycles. The van der Waals surface area contributed by atoms with Crippen molar-refractivity contribution >= 4 is 51.4 Å². The van der Waals surface area contributed by atoms with E-state index in [1.807, 2.05) is 60.7 Å². The molecule has 98 valence electrons. The van der Waals surface area contributed by atoms with Crippen LogP contribution < -0.4 is 0 Å². The molecule has 2 aromatic carbocycles. The van der Waals surface area contributed by atoms with Gasteiger partial charge in [-0.3, -0.25) is 4.79 Å². The number of halogens is 1. The van der Waals surface area contributed by atoms with Crippen molar-refractivity contribution in [3.8, 4) is 0 Å². The van der Waals surface area contributed by atoms with E-state index in [2.05, 4.69) is 27.6 Å². The van der Waals surface area contributed by atoms with E-state index < -0.39 is 0 Å². The van der Waals surface area contributed by atoms with Crippen LogP contribution in [-0.2, 0) is 4.79 Å². The number of benzene rings is 2. The summed E-state index contributed by atoms with van der Waals surface area (Å²) >= 11 is 3.69. The number of hydrogen-bond donors (Lipinski definition) is 0. The van der Waals surface area contributed by atoms with Crippen LogP contribution in [0.5, 0.6) is 0 Å². The molecule has 0 aliphatic carbocycles. The Hall–Kier alpha value is -1.40. The highest BCUT2D eigenvalue weighted by molar-refractivity contribution is 14.1. The fraction of sp³-hybridized carbons (Fsp3) is 0. The molecule has 20 heavy (non-hydrogen) atoms. The summed E-state index contributed by atoms with van der Waals surface area (Å²) in [5, 5.41) is 0.771. The van der Waals surface area contributed by atoms with Crippen molar-refractivity contribution < 1.29 is 4.79 Å². The molecule has 0 bridgehead atoms. The van der Waals surface area contributed by atoms with E-state index in [4.69, 9.17) is 0 Å². The van der Waals surface area contributed by atoms with Crippen LogP contribution in [0.15, 0.2) is 64.5 Å². The molecule has 0 spiro atoms. The third-order valence-corrected chi connectivity index (χ3v) is 4.49. The lowest BCUT2D eigenvalue weighted by Gasteiger charge is -1.99. The number of thioether (sulfide) groups is 1. The monoisotopic (exact) mass is 391 g/mol. The zero-order valence-corrected chi connectivity index (χ0v) is 13.4. The van der Waals surface area contributed by atoms with Gasteiger partial charge in [-0.2, -0.15) is 0 Å². The van der Waals surface area contributed by atoms with E-state index >= 15 is 0 Å². The van der Waals surface area contributed by atoms with E-state index in [1.165, 1.54) is 11.8 Å². The predicted octanol–water partition coefficient (Wildman–Crippen LogP) is 4.35. The van der Waals surface area contributed by atoms with E-state index in [-0.39, 0.29) is 5.91 Å². The molecule has 1 aliphatic rings. The second-order valence-electron chi connectivity index (χ2n) is 4.25. The number of aliphatic imine (C=N–C) groups is 1. The second-order valence-corrected chi connectivity index (χ2v) is 6.53. The molecule has 0 aromatic heterocycles. The molecule has 4 heteroatoms. The van der Waals surface area contributed by atoms with Gasteiger partial charge in [0, 0.05) is 9.13 Å². The van der Waals surface area contributed by atoms with Crippen molar-refractivity contribution in [2.24, 2.45) is 4.99 Å². The molecule has 0 saturated carbocycles. The molecule has 0 radical (unpaired) electrons. The summed E-state index contributed by atoms with van der Waals surface area (Å²) in [6.45, 7) is 0. The maximum atomic E-state index is 12.0. The molecule has 0 fully saturated rings. The van der Waals surface area contributed by atoms with Gasteiger partial charge in [0.25, 0.3) is 5.91 Å². The molecule has 3 rings (SSSR count). The number of hydrogen-bond acceptors (Lipinski definition) is 2. The Balaban J connectivity index is 1.87. The standard InChI is InChI=1S/C16H10INOS/c17-13-8-4-5-11(9-13)10-14-15(19)18-16(20-14)12-6-2-1-3-7-12/h1-10H. The molecule has 0 atom stereocenters. The highest BCUT2D eigenvalue weighted by Crippen LogP contribution is 2.31. The highest BCUT2D eigenvalue weighted by atomic mass is 127. The summed E-state index contributed by atoms with van der Waals surface area (Å²) in [7, 11) is 0. The molecule has 0 unspecified atom stereocenters. The average Bonchev–Trinajstić information content (AvgIpc) is 2.81. The van der Waals surface area contributed by atoms with Crippen LogP contribution in [0.1, 0.15) is 11.1 Å². The number of carbonyl (C=O) groups excluding carboxylic acids is 1. The first kappa shape index (κ1) is 13.6. The number of rotatable bonds is 2. The van der Waals surface area contributed by atoms with Gasteiger partial charge in [-0.1, -0.05) is 54.2 Å². The topological polar surface area (TPSA) is 29.4 Å². The van der Waals surface area contributed by atoms with Crippen molar-refractivity contribution in [3.63, 3.8) is 0 Å². The molecular weight excluding hydrogens is 381 g/mol. The van der Waals surface area contributed by atoms with Gasteiger partial charge in [0.15, 0.2) is 0 Å². The van der Waals surface area contributed by atoms with Gasteiger partial charge in [-0.15, -0.1) is 0 Å². The van der Waals surface area contributed by atoms with E-state index in [9.17, 15) is 4.79 Å². The van der Waals surface area contributed by atoms with Crippen molar-refractivity contribution in [1.82, 2.24) is 0 Å². The van der Waals surface area contributed by atoms with Gasteiger partial charge < -0.3 is 0 Å². The summed E-state index contributed by atoms with van der Waals surface area (Å²) in [4.78, 5) is 16.8. The fourth-order valence-electron chi connectivity index (χ4n) is 1.86. The smallest absolute Gasteiger partial charge is 0.266 e. The summed E-state index contributed by atoms with van der Waals surface area (Å²) < 4.78 is 1.15. The Morgan fingerprint density at radius 2 is 1.85 bits per heavy atom. The van der Waals surface area contributed by atoms with Crippen molar-refractivity contribution in [1.29, 1.82) is 0 Å². The van der Waals surface area contributed by atoms with Gasteiger partial charge in [0.05, 0.1) is 4.91 Å². The molecule has 0 saturated heterocycles. The minimum Gasteiger partial charge on any atom is -0.266 e. The summed E-state index contributed by atoms with van der Waals surface area (Å²) in [5.74, 6) is -0.160. The maximum Gasteiger partial charge on any atom is 0.284 e. The van der Waals surface area contributed by atoms with Crippen molar-refractivity contribution in [2.75, 3.05) is 0 Å². The molecule has 2 nitrogen and oxygen atoms in total. The SMILES string of the molecule is O=C1N=C(c2ccccc2)SC1=Cc1cccc(I)c1. The van der Waals surface area contributed by atoms with E-state index in [1.54, 1.807) is 0 Å². The van der Waals surface area contributed by atoms with Crippen LogP contribution in [0.3, 0.4) is 0 Å². The first-order valence-electron chi connectivity index (χ1n) is 6.06. The third-order valence-electron chi connectivity index (χ3n) is 2.79. The van der Waals surface area contributed by atoms with Gasteiger partial charge >= 0.3 is 0 Å². The van der Waals surface area contributed by atoms with Gasteiger partial charge in [0.1, 0.15) is 5.04 Å². The van der Waals surface area contributed by atoms with E-state index in [0.717, 1.165) is 19.7 Å². The number of carbonyl (C=O) groups is 1. The van der Waals surface area contributed by atoms with Gasteiger partial charge in [-0.05, 0) is 46.4 Å². The minimum absolute atomic E-state index is 0.160. The first-order valence-corrected chi connectivity index (χ1v) is 7.95. The third kappa shape index (κ3) is 3.02. The van der Waals surface area contributed by atoms with Crippen LogP contribution in [0.25, 0.3) is 6.08 Å². The zero-order chi connectivity index (χ0) is 13.9.